The summed E-state index contributed by atoms with van der Waals surface area (Å²) in [5.74, 6) is -2.71. The molecular formula is C20H16FNO6. The van der Waals surface area contributed by atoms with Crippen molar-refractivity contribution in [2.75, 3.05) is 19.5 Å². The summed E-state index contributed by atoms with van der Waals surface area (Å²) in [6, 6.07) is 8.36. The molecule has 2 aromatic carbocycles. The Labute approximate surface area is 159 Å². The second-order valence-electron chi connectivity index (χ2n) is 5.91. The first kappa shape index (κ1) is 19.1. The predicted octanol–water partition coefficient (Wildman–Crippen LogP) is 3.71. The number of amides is 1. The van der Waals surface area contributed by atoms with Crippen molar-refractivity contribution in [3.63, 3.8) is 0 Å². The third-order valence-electron chi connectivity index (χ3n) is 4.16. The molecule has 0 radical (unpaired) electrons. The van der Waals surface area contributed by atoms with Crippen LogP contribution in [0.15, 0.2) is 40.8 Å². The number of fused-ring (bicyclic) bond motifs is 1. The van der Waals surface area contributed by atoms with Crippen LogP contribution in [-0.4, -0.2) is 32.1 Å². The third-order valence-corrected chi connectivity index (χ3v) is 4.16. The van der Waals surface area contributed by atoms with Gasteiger partial charge >= 0.3 is 11.9 Å². The average Bonchev–Trinajstić information content (AvgIpc) is 3.04. The largest absolute Gasteiger partial charge is 0.465 e. The van der Waals surface area contributed by atoms with Crippen LogP contribution in [0.3, 0.4) is 0 Å². The molecule has 0 aliphatic heterocycles. The Balaban J connectivity index is 2.00. The smallest absolute Gasteiger partial charge is 0.337 e. The minimum Gasteiger partial charge on any atom is -0.465 e. The lowest BCUT2D eigenvalue weighted by Crippen LogP contribution is -2.14. The molecule has 0 aliphatic carbocycles. The summed E-state index contributed by atoms with van der Waals surface area (Å²) in [7, 11) is 2.38. The number of para-hydroxylation sites is 1. The van der Waals surface area contributed by atoms with Gasteiger partial charge in [-0.3, -0.25) is 4.79 Å². The van der Waals surface area contributed by atoms with Crippen LogP contribution in [0.5, 0.6) is 0 Å². The molecule has 1 aromatic heterocycles. The molecular weight excluding hydrogens is 369 g/mol. The second-order valence-corrected chi connectivity index (χ2v) is 5.91. The second kappa shape index (κ2) is 7.51. The fraction of sp³-hybridized carbons (Fsp3) is 0.150. The minimum atomic E-state index is -0.691. The van der Waals surface area contributed by atoms with Gasteiger partial charge in [0, 0.05) is 16.6 Å². The number of carbonyl (C=O) groups excluding carboxylic acids is 3. The number of ether oxygens (including phenoxy) is 2. The molecule has 0 aliphatic rings. The molecule has 3 rings (SSSR count). The third kappa shape index (κ3) is 3.44. The Kier molecular flexibility index (Phi) is 5.12. The van der Waals surface area contributed by atoms with E-state index < -0.39 is 23.7 Å². The molecule has 0 atom stereocenters. The standard InChI is InChI=1S/C20H16FNO6/c1-10-14-5-4-6-15(21)17(14)28-16(10)18(23)22-13-8-11(19(24)26-2)7-12(9-13)20(25)27-3/h4-9H,1-3H3,(H,22,23). The number of furan rings is 1. The zero-order chi connectivity index (χ0) is 20.4. The van der Waals surface area contributed by atoms with Crippen LogP contribution in [0.1, 0.15) is 36.8 Å². The first-order valence-corrected chi connectivity index (χ1v) is 8.16. The lowest BCUT2D eigenvalue weighted by molar-refractivity contribution is 0.0599. The molecule has 0 unspecified atom stereocenters. The van der Waals surface area contributed by atoms with E-state index in [1.54, 1.807) is 13.0 Å². The number of methoxy groups -OCH3 is 2. The van der Waals surface area contributed by atoms with E-state index in [1.807, 2.05) is 0 Å². The molecule has 0 saturated carbocycles. The van der Waals surface area contributed by atoms with Gasteiger partial charge in [0.2, 0.25) is 0 Å². The van der Waals surface area contributed by atoms with Gasteiger partial charge in [0.05, 0.1) is 25.3 Å². The van der Waals surface area contributed by atoms with Gasteiger partial charge < -0.3 is 19.2 Å². The topological polar surface area (TPSA) is 94.8 Å². The fourth-order valence-electron chi connectivity index (χ4n) is 2.78. The lowest BCUT2D eigenvalue weighted by atomic mass is 10.1. The van der Waals surface area contributed by atoms with E-state index in [0.717, 1.165) is 0 Å². The Bertz CT molecular complexity index is 1070. The quantitative estimate of drug-likeness (QED) is 0.688. The first-order valence-electron chi connectivity index (χ1n) is 8.16. The number of aryl methyl sites for hydroxylation is 1. The monoisotopic (exact) mass is 385 g/mol. The van der Waals surface area contributed by atoms with Crippen molar-refractivity contribution in [2.24, 2.45) is 0 Å². The molecule has 7 nitrogen and oxygen atoms in total. The number of hydrogen-bond acceptors (Lipinski definition) is 6. The number of hydrogen-bond donors (Lipinski definition) is 1. The van der Waals surface area contributed by atoms with Gasteiger partial charge in [0.15, 0.2) is 17.2 Å². The number of rotatable bonds is 4. The molecule has 28 heavy (non-hydrogen) atoms. The molecule has 3 aromatic rings. The van der Waals surface area contributed by atoms with Gasteiger partial charge in [0.1, 0.15) is 0 Å². The van der Waals surface area contributed by atoms with Crippen molar-refractivity contribution in [3.05, 3.63) is 64.7 Å². The zero-order valence-corrected chi connectivity index (χ0v) is 15.3. The summed E-state index contributed by atoms with van der Waals surface area (Å²) in [4.78, 5) is 36.4. The molecule has 144 valence electrons. The van der Waals surface area contributed by atoms with E-state index in [-0.39, 0.29) is 28.2 Å². The first-order chi connectivity index (χ1) is 13.3. The predicted molar refractivity (Wildman–Crippen MR) is 98.0 cm³/mol. The van der Waals surface area contributed by atoms with Crippen LogP contribution in [0.2, 0.25) is 0 Å². The number of esters is 2. The van der Waals surface area contributed by atoms with E-state index >= 15 is 0 Å². The number of anilines is 1. The van der Waals surface area contributed by atoms with Crippen molar-refractivity contribution in [2.45, 2.75) is 6.92 Å². The highest BCUT2D eigenvalue weighted by atomic mass is 19.1. The zero-order valence-electron chi connectivity index (χ0n) is 15.3. The molecule has 1 heterocycles. The van der Waals surface area contributed by atoms with Crippen LogP contribution < -0.4 is 5.32 Å². The van der Waals surface area contributed by atoms with Crippen LogP contribution in [0.4, 0.5) is 10.1 Å². The molecule has 0 saturated heterocycles. The Morgan fingerprint density at radius 1 is 1.00 bits per heavy atom. The van der Waals surface area contributed by atoms with Gasteiger partial charge in [0.25, 0.3) is 5.91 Å². The van der Waals surface area contributed by atoms with Crippen LogP contribution in [0.25, 0.3) is 11.0 Å². The SMILES string of the molecule is COC(=O)c1cc(NC(=O)c2oc3c(F)cccc3c2C)cc(C(=O)OC)c1. The van der Waals surface area contributed by atoms with E-state index in [0.29, 0.717) is 10.9 Å². The maximum absolute atomic E-state index is 13.9. The van der Waals surface area contributed by atoms with Gasteiger partial charge in [-0.05, 0) is 31.2 Å². The highest BCUT2D eigenvalue weighted by Gasteiger charge is 2.21. The summed E-state index contributed by atoms with van der Waals surface area (Å²) in [6.45, 7) is 1.63. The molecule has 0 fully saturated rings. The number of benzene rings is 2. The van der Waals surface area contributed by atoms with E-state index in [2.05, 4.69) is 14.8 Å². The van der Waals surface area contributed by atoms with Gasteiger partial charge in [-0.1, -0.05) is 12.1 Å². The van der Waals surface area contributed by atoms with Crippen LogP contribution in [0, 0.1) is 12.7 Å². The van der Waals surface area contributed by atoms with Crippen molar-refractivity contribution in [1.29, 1.82) is 0 Å². The number of carbonyl (C=O) groups is 3. The number of halogens is 1. The van der Waals surface area contributed by atoms with E-state index in [1.165, 1.54) is 44.6 Å². The van der Waals surface area contributed by atoms with Crippen molar-refractivity contribution >= 4 is 34.5 Å². The molecule has 1 N–H and O–H groups in total. The van der Waals surface area contributed by atoms with Gasteiger partial charge in [-0.15, -0.1) is 0 Å². The van der Waals surface area contributed by atoms with E-state index in [9.17, 15) is 18.8 Å². The van der Waals surface area contributed by atoms with Crippen molar-refractivity contribution in [1.82, 2.24) is 0 Å². The van der Waals surface area contributed by atoms with Crippen LogP contribution in [-0.2, 0) is 9.47 Å². The molecule has 0 bridgehead atoms. The summed E-state index contributed by atoms with van der Waals surface area (Å²) >= 11 is 0. The summed E-state index contributed by atoms with van der Waals surface area (Å²) in [5.41, 5.74) is 0.683. The Morgan fingerprint density at radius 2 is 1.61 bits per heavy atom. The fourth-order valence-corrected chi connectivity index (χ4v) is 2.78. The number of nitrogens with one attached hydrogen (secondary N) is 1. The maximum Gasteiger partial charge on any atom is 0.337 e. The van der Waals surface area contributed by atoms with Gasteiger partial charge in [-0.2, -0.15) is 0 Å². The van der Waals surface area contributed by atoms with Crippen molar-refractivity contribution in [3.8, 4) is 0 Å². The van der Waals surface area contributed by atoms with Gasteiger partial charge in [-0.25, -0.2) is 14.0 Å². The molecule has 0 spiro atoms. The lowest BCUT2D eigenvalue weighted by Gasteiger charge is -2.09. The Hall–Kier alpha value is -3.68. The molecule has 1 amide bonds. The normalized spacial score (nSPS) is 10.6. The van der Waals surface area contributed by atoms with Crippen LogP contribution >= 0.6 is 0 Å². The summed E-state index contributed by atoms with van der Waals surface area (Å²) < 4.78 is 28.6. The van der Waals surface area contributed by atoms with Crippen molar-refractivity contribution < 1.29 is 32.7 Å². The highest BCUT2D eigenvalue weighted by Crippen LogP contribution is 2.28. The summed E-state index contributed by atoms with van der Waals surface area (Å²) in [6.07, 6.45) is 0. The summed E-state index contributed by atoms with van der Waals surface area (Å²) in [5, 5.41) is 3.02. The average molecular weight is 385 g/mol. The maximum atomic E-state index is 13.9. The minimum absolute atomic E-state index is 0.0243. The Morgan fingerprint density at radius 3 is 2.14 bits per heavy atom. The van der Waals surface area contributed by atoms with E-state index in [4.69, 9.17) is 4.42 Å². The molecule has 8 heteroatoms. The highest BCUT2D eigenvalue weighted by molar-refractivity contribution is 6.07.